The molecule has 41 heavy (non-hydrogen) atoms. The van der Waals surface area contributed by atoms with Crippen molar-refractivity contribution < 1.29 is 13.5 Å². The minimum absolute atomic E-state index is 0.248. The van der Waals surface area contributed by atoms with Crippen molar-refractivity contribution in [1.29, 1.82) is 0 Å². The molecule has 4 heterocycles. The lowest BCUT2D eigenvalue weighted by Gasteiger charge is -2.29. The average molecular weight is 576 g/mol. The topological polar surface area (TPSA) is 153 Å². The van der Waals surface area contributed by atoms with Crippen molar-refractivity contribution >= 4 is 27.3 Å². The number of aliphatic hydroxyl groups is 1. The Morgan fingerprint density at radius 1 is 0.976 bits per heavy atom. The Labute approximate surface area is 238 Å². The molecule has 0 bridgehead atoms. The third kappa shape index (κ3) is 5.55. The number of rotatable bonds is 10. The van der Waals surface area contributed by atoms with E-state index in [4.69, 9.17) is 5.10 Å². The van der Waals surface area contributed by atoms with E-state index < -0.39 is 10.0 Å². The Morgan fingerprint density at radius 2 is 1.80 bits per heavy atom. The highest BCUT2D eigenvalue weighted by Crippen LogP contribution is 2.37. The molecular weight excluding hydrogens is 542 g/mol. The molecule has 0 spiro atoms. The first-order valence-corrected chi connectivity index (χ1v) is 15.8. The van der Waals surface area contributed by atoms with Gasteiger partial charge in [-0.05, 0) is 69.4 Å². The summed E-state index contributed by atoms with van der Waals surface area (Å²) in [4.78, 5) is 13.6. The third-order valence-corrected chi connectivity index (χ3v) is 10.1. The van der Waals surface area contributed by atoms with E-state index >= 15 is 0 Å². The molecule has 0 aromatic carbocycles. The third-order valence-electron chi connectivity index (χ3n) is 8.11. The number of hydrogen-bond acceptors (Lipinski definition) is 10. The quantitative estimate of drug-likeness (QED) is 0.253. The summed E-state index contributed by atoms with van der Waals surface area (Å²) in [6.45, 7) is 0.248. The molecule has 3 aliphatic carbocycles. The predicted molar refractivity (Wildman–Crippen MR) is 154 cm³/mol. The van der Waals surface area contributed by atoms with Crippen molar-refractivity contribution in [3.05, 3.63) is 49.2 Å². The van der Waals surface area contributed by atoms with Gasteiger partial charge in [-0.3, -0.25) is 4.68 Å². The van der Waals surface area contributed by atoms with Gasteiger partial charge in [0.2, 0.25) is 0 Å². The first-order valence-electron chi connectivity index (χ1n) is 14.3. The van der Waals surface area contributed by atoms with Crippen molar-refractivity contribution in [3.8, 4) is 22.6 Å². The summed E-state index contributed by atoms with van der Waals surface area (Å²) in [5, 5.41) is 25.1. The molecule has 0 atom stereocenters. The lowest BCUT2D eigenvalue weighted by Crippen LogP contribution is -2.27. The van der Waals surface area contributed by atoms with Crippen LogP contribution in [0, 0.1) is 5.92 Å². The minimum Gasteiger partial charge on any atom is -0.396 e. The SMILES string of the molecule is O=S(=O)(C1CC1)n1cc(-c2nccc(Nc3cc(NC4CCC(CO)CC4)c(-c4ccn(C5CC5)n4)cn3)n2)cn1. The number of pyridine rings is 1. The minimum atomic E-state index is -3.46. The number of nitrogens with one attached hydrogen (secondary N) is 2. The van der Waals surface area contributed by atoms with Gasteiger partial charge in [0.05, 0.1) is 34.9 Å². The van der Waals surface area contributed by atoms with Gasteiger partial charge in [0.1, 0.15) is 11.6 Å². The van der Waals surface area contributed by atoms with E-state index in [1.54, 1.807) is 12.3 Å². The monoisotopic (exact) mass is 575 g/mol. The van der Waals surface area contributed by atoms with Crippen molar-refractivity contribution in [3.63, 3.8) is 0 Å². The van der Waals surface area contributed by atoms with Crippen LogP contribution in [0.4, 0.5) is 17.3 Å². The molecule has 3 saturated carbocycles. The standard InChI is InChI=1S/C28H33N9O3S/c38-17-18-1-3-20(4-2-18)32-25-13-27(30-15-23(25)24-10-12-36(35-24)21-5-6-21)33-26-9-11-29-28(34-26)19-14-31-37(16-19)41(39,40)22-7-8-22/h9-16,18,20-22,38H,1-8,17H2,(H2,29,30,32,33,34). The Balaban J connectivity index is 1.14. The summed E-state index contributed by atoms with van der Waals surface area (Å²) in [6, 6.07) is 6.55. The van der Waals surface area contributed by atoms with Crippen LogP contribution in [0.3, 0.4) is 0 Å². The highest BCUT2D eigenvalue weighted by atomic mass is 32.2. The van der Waals surface area contributed by atoms with Crippen LogP contribution in [0.5, 0.6) is 0 Å². The first-order chi connectivity index (χ1) is 20.0. The second kappa shape index (κ2) is 10.5. The summed E-state index contributed by atoms with van der Waals surface area (Å²) in [6.07, 6.45) is 16.1. The zero-order chi connectivity index (χ0) is 28.0. The highest BCUT2D eigenvalue weighted by molar-refractivity contribution is 7.90. The van der Waals surface area contributed by atoms with Gasteiger partial charge in [-0.15, -0.1) is 0 Å². The number of aromatic nitrogens is 7. The van der Waals surface area contributed by atoms with Crippen LogP contribution in [0.25, 0.3) is 22.6 Å². The van der Waals surface area contributed by atoms with Crippen LogP contribution >= 0.6 is 0 Å². The smallest absolute Gasteiger partial charge is 0.256 e. The van der Waals surface area contributed by atoms with Crippen LogP contribution < -0.4 is 10.6 Å². The number of nitrogens with zero attached hydrogens (tertiary/aromatic N) is 7. The molecule has 0 aliphatic heterocycles. The van der Waals surface area contributed by atoms with Crippen LogP contribution in [-0.2, 0) is 10.0 Å². The summed E-state index contributed by atoms with van der Waals surface area (Å²) in [5.74, 6) is 1.89. The van der Waals surface area contributed by atoms with Crippen LogP contribution in [0.15, 0.2) is 49.2 Å². The van der Waals surface area contributed by atoms with Gasteiger partial charge in [0.25, 0.3) is 10.0 Å². The van der Waals surface area contributed by atoms with Crippen LogP contribution in [0.2, 0.25) is 0 Å². The molecule has 214 valence electrons. The van der Waals surface area contributed by atoms with E-state index in [1.165, 1.54) is 25.2 Å². The van der Waals surface area contributed by atoms with E-state index in [-0.39, 0.29) is 11.9 Å². The second-order valence-corrected chi connectivity index (χ2v) is 13.4. The first kappa shape index (κ1) is 26.1. The van der Waals surface area contributed by atoms with Gasteiger partial charge >= 0.3 is 0 Å². The van der Waals surface area contributed by atoms with Gasteiger partial charge in [-0.1, -0.05) is 0 Å². The van der Waals surface area contributed by atoms with Gasteiger partial charge in [-0.25, -0.2) is 23.4 Å². The summed E-state index contributed by atoms with van der Waals surface area (Å²) < 4.78 is 28.1. The summed E-state index contributed by atoms with van der Waals surface area (Å²) in [7, 11) is -3.46. The van der Waals surface area contributed by atoms with Crippen molar-refractivity contribution in [2.75, 3.05) is 17.2 Å². The van der Waals surface area contributed by atoms with E-state index in [9.17, 15) is 13.5 Å². The Kier molecular flexibility index (Phi) is 6.70. The van der Waals surface area contributed by atoms with E-state index in [2.05, 4.69) is 30.7 Å². The molecule has 12 nitrogen and oxygen atoms in total. The highest BCUT2D eigenvalue weighted by Gasteiger charge is 2.37. The fraction of sp³-hybridized carbons (Fsp3) is 0.464. The predicted octanol–water partition coefficient (Wildman–Crippen LogP) is 3.98. The van der Waals surface area contributed by atoms with Crippen LogP contribution in [-0.4, -0.2) is 65.3 Å². The van der Waals surface area contributed by atoms with Gasteiger partial charge in [0.15, 0.2) is 5.82 Å². The lowest BCUT2D eigenvalue weighted by molar-refractivity contribution is 0.186. The molecule has 7 rings (SSSR count). The average Bonchev–Trinajstić information content (AvgIpc) is 3.92. The largest absolute Gasteiger partial charge is 0.396 e. The molecule has 3 fully saturated rings. The fourth-order valence-corrected chi connectivity index (χ4v) is 6.83. The Bertz CT molecular complexity index is 1650. The van der Waals surface area contributed by atoms with E-state index in [0.717, 1.165) is 46.7 Å². The maximum absolute atomic E-state index is 12.5. The molecule has 0 radical (unpaired) electrons. The molecule has 4 aromatic heterocycles. The Morgan fingerprint density at radius 3 is 2.56 bits per heavy atom. The molecular formula is C28H33N9O3S. The molecule has 3 aliphatic rings. The van der Waals surface area contributed by atoms with Gasteiger partial charge < -0.3 is 15.7 Å². The van der Waals surface area contributed by atoms with Crippen molar-refractivity contribution in [1.82, 2.24) is 33.9 Å². The van der Waals surface area contributed by atoms with Crippen molar-refractivity contribution in [2.24, 2.45) is 5.92 Å². The number of hydrogen-bond donors (Lipinski definition) is 3. The molecule has 3 N–H and O–H groups in total. The zero-order valence-electron chi connectivity index (χ0n) is 22.6. The molecule has 0 amide bonds. The summed E-state index contributed by atoms with van der Waals surface area (Å²) in [5.41, 5.74) is 3.28. The number of anilines is 3. The maximum atomic E-state index is 12.5. The summed E-state index contributed by atoms with van der Waals surface area (Å²) >= 11 is 0. The van der Waals surface area contributed by atoms with Gasteiger partial charge in [0, 0.05) is 48.6 Å². The second-order valence-electron chi connectivity index (χ2n) is 11.3. The fourth-order valence-electron chi connectivity index (χ4n) is 5.36. The number of aliphatic hydroxyl groups excluding tert-OH is 1. The van der Waals surface area contributed by atoms with Crippen molar-refractivity contribution in [2.45, 2.75) is 68.7 Å². The van der Waals surface area contributed by atoms with Gasteiger partial charge in [-0.2, -0.15) is 14.3 Å². The zero-order valence-corrected chi connectivity index (χ0v) is 23.4. The lowest BCUT2D eigenvalue weighted by atomic mass is 9.86. The maximum Gasteiger partial charge on any atom is 0.256 e. The molecule has 0 unspecified atom stereocenters. The Hall–Kier alpha value is -3.84. The van der Waals surface area contributed by atoms with Crippen LogP contribution in [0.1, 0.15) is 57.4 Å². The molecule has 13 heteroatoms. The normalized spacial score (nSPS) is 21.1. The van der Waals surface area contributed by atoms with E-state index in [0.29, 0.717) is 53.9 Å². The van der Waals surface area contributed by atoms with E-state index in [1.807, 2.05) is 29.2 Å². The molecule has 0 saturated heterocycles. The molecule has 4 aromatic rings.